The number of ether oxygens (including phenoxy) is 1. The molecule has 0 spiro atoms. The molecule has 4 amide bonds. The first-order valence-corrected chi connectivity index (χ1v) is 12.2. The Balaban J connectivity index is 2.83. The molecule has 0 aromatic rings. The Labute approximate surface area is 206 Å². The molecule has 0 aliphatic carbocycles. The second-order valence-electron chi connectivity index (χ2n) is 8.46. The van der Waals surface area contributed by atoms with E-state index in [1.165, 1.54) is 12.2 Å². The zero-order valence-electron chi connectivity index (χ0n) is 20.6. The van der Waals surface area contributed by atoms with Gasteiger partial charge >= 0.3 is 5.97 Å². The molecular weight excluding hydrogens is 456 g/mol. The molecule has 0 unspecified atom stereocenters. The minimum absolute atomic E-state index is 0.0133. The Hall–Kier alpha value is -2.99. The molecule has 1 heterocycles. The molecule has 35 heavy (non-hydrogen) atoms. The molecule has 1 aliphatic heterocycles. The summed E-state index contributed by atoms with van der Waals surface area (Å²) in [5, 5.41) is 11.2. The van der Waals surface area contributed by atoms with Crippen LogP contribution in [-0.2, 0) is 28.7 Å². The van der Waals surface area contributed by atoms with Crippen molar-refractivity contribution in [2.45, 2.75) is 83.0 Å². The van der Waals surface area contributed by atoms with Crippen LogP contribution in [0.1, 0.15) is 58.8 Å². The molecule has 12 heteroatoms. The Morgan fingerprint density at radius 2 is 1.83 bits per heavy atom. The van der Waals surface area contributed by atoms with Gasteiger partial charge in [-0.05, 0) is 65.5 Å². The SMILES string of the molecule is CCOC(=O)/C=C/[C@H](CCC(N)=O)NC(=O)[C@H](CCCCN)NC(=O)[C@H](C)NC(=O)[C@@H]1CCCN1. The zero-order chi connectivity index (χ0) is 26.2. The summed E-state index contributed by atoms with van der Waals surface area (Å²) in [5.41, 5.74) is 10.8. The molecular formula is C23H40N6O6. The summed E-state index contributed by atoms with van der Waals surface area (Å²) in [6.45, 7) is 4.60. The average molecular weight is 497 g/mol. The predicted molar refractivity (Wildman–Crippen MR) is 130 cm³/mol. The maximum absolute atomic E-state index is 13.0. The fourth-order valence-corrected chi connectivity index (χ4v) is 3.53. The van der Waals surface area contributed by atoms with Crippen molar-refractivity contribution in [1.82, 2.24) is 21.3 Å². The largest absolute Gasteiger partial charge is 0.463 e. The summed E-state index contributed by atoms with van der Waals surface area (Å²) in [6.07, 6.45) is 5.92. The maximum atomic E-state index is 13.0. The third kappa shape index (κ3) is 12.3. The summed E-state index contributed by atoms with van der Waals surface area (Å²) >= 11 is 0. The van der Waals surface area contributed by atoms with E-state index in [2.05, 4.69) is 21.3 Å². The van der Waals surface area contributed by atoms with E-state index in [0.717, 1.165) is 13.0 Å². The van der Waals surface area contributed by atoms with Gasteiger partial charge in [0.25, 0.3) is 0 Å². The number of nitrogens with one attached hydrogen (secondary N) is 4. The van der Waals surface area contributed by atoms with Crippen LogP contribution in [0.25, 0.3) is 0 Å². The Kier molecular flexibility index (Phi) is 14.3. The van der Waals surface area contributed by atoms with Crippen LogP contribution < -0.4 is 32.7 Å². The zero-order valence-corrected chi connectivity index (χ0v) is 20.6. The third-order valence-electron chi connectivity index (χ3n) is 5.49. The predicted octanol–water partition coefficient (Wildman–Crippen LogP) is -1.27. The first kappa shape index (κ1) is 30.0. The quantitative estimate of drug-likeness (QED) is 0.0864. The third-order valence-corrected chi connectivity index (χ3v) is 5.49. The lowest BCUT2D eigenvalue weighted by molar-refractivity contribution is -0.137. The van der Waals surface area contributed by atoms with Gasteiger partial charge < -0.3 is 37.5 Å². The minimum Gasteiger partial charge on any atom is -0.463 e. The molecule has 0 saturated carbocycles. The summed E-state index contributed by atoms with van der Waals surface area (Å²) in [4.78, 5) is 61.0. The van der Waals surface area contributed by atoms with Crippen LogP contribution in [0.5, 0.6) is 0 Å². The number of rotatable bonds is 16. The normalized spacial score (nSPS) is 17.9. The van der Waals surface area contributed by atoms with Crippen molar-refractivity contribution in [2.24, 2.45) is 11.5 Å². The molecule has 4 atom stereocenters. The molecule has 0 aromatic heterocycles. The minimum atomic E-state index is -0.898. The van der Waals surface area contributed by atoms with Crippen LogP contribution in [0, 0.1) is 0 Å². The number of carbonyl (C=O) groups is 5. The van der Waals surface area contributed by atoms with Crippen molar-refractivity contribution in [2.75, 3.05) is 19.7 Å². The van der Waals surface area contributed by atoms with E-state index in [1.54, 1.807) is 13.8 Å². The number of primary amides is 1. The Bertz CT molecular complexity index is 753. The second kappa shape index (κ2) is 16.6. The van der Waals surface area contributed by atoms with Crippen LogP contribution >= 0.6 is 0 Å². The second-order valence-corrected chi connectivity index (χ2v) is 8.46. The smallest absolute Gasteiger partial charge is 0.330 e. The first-order chi connectivity index (χ1) is 16.7. The highest BCUT2D eigenvalue weighted by Crippen LogP contribution is 2.07. The van der Waals surface area contributed by atoms with E-state index >= 15 is 0 Å². The van der Waals surface area contributed by atoms with Crippen LogP contribution in [0.2, 0.25) is 0 Å². The van der Waals surface area contributed by atoms with Gasteiger partial charge in [-0.2, -0.15) is 0 Å². The van der Waals surface area contributed by atoms with Gasteiger partial charge in [-0.15, -0.1) is 0 Å². The molecule has 12 nitrogen and oxygen atoms in total. The highest BCUT2D eigenvalue weighted by atomic mass is 16.5. The monoisotopic (exact) mass is 496 g/mol. The summed E-state index contributed by atoms with van der Waals surface area (Å²) < 4.78 is 4.85. The lowest BCUT2D eigenvalue weighted by atomic mass is 10.1. The maximum Gasteiger partial charge on any atom is 0.330 e. The standard InChI is InChI=1S/C23H40N6O6/c1-3-35-20(31)12-10-16(9-11-19(25)30)28-23(34)18(7-4-5-13-24)29-21(32)15(2)27-22(33)17-8-6-14-26-17/h10,12,15-18,26H,3-9,11,13-14,24H2,1-2H3,(H2,25,30)(H,27,33)(H,28,34)(H,29,32)/b12-10+/t15-,16-,17-,18-/m0/s1. The van der Waals surface area contributed by atoms with Crippen molar-refractivity contribution >= 4 is 29.6 Å². The fourth-order valence-electron chi connectivity index (χ4n) is 3.53. The number of unbranched alkanes of at least 4 members (excludes halogenated alkanes) is 1. The molecule has 1 rings (SSSR count). The van der Waals surface area contributed by atoms with Crippen molar-refractivity contribution in [3.05, 3.63) is 12.2 Å². The molecule has 8 N–H and O–H groups in total. The van der Waals surface area contributed by atoms with Gasteiger partial charge in [-0.25, -0.2) is 4.79 Å². The van der Waals surface area contributed by atoms with Gasteiger partial charge in [0, 0.05) is 18.5 Å². The fraction of sp³-hybridized carbons (Fsp3) is 0.696. The van der Waals surface area contributed by atoms with E-state index in [-0.39, 0.29) is 31.4 Å². The summed E-state index contributed by atoms with van der Waals surface area (Å²) in [5.74, 6) is -2.39. The summed E-state index contributed by atoms with van der Waals surface area (Å²) in [6, 6.07) is -2.75. The van der Waals surface area contributed by atoms with E-state index in [0.29, 0.717) is 32.2 Å². The molecule has 1 fully saturated rings. The Morgan fingerprint density at radius 3 is 2.43 bits per heavy atom. The summed E-state index contributed by atoms with van der Waals surface area (Å²) in [7, 11) is 0. The van der Waals surface area contributed by atoms with Crippen molar-refractivity contribution in [3.8, 4) is 0 Å². The topological polar surface area (TPSA) is 195 Å². The lowest BCUT2D eigenvalue weighted by Gasteiger charge is -2.24. The van der Waals surface area contributed by atoms with Crippen molar-refractivity contribution < 1.29 is 28.7 Å². The van der Waals surface area contributed by atoms with Crippen molar-refractivity contribution in [3.63, 3.8) is 0 Å². The number of esters is 1. The average Bonchev–Trinajstić information content (AvgIpc) is 3.35. The number of hydrogen-bond donors (Lipinski definition) is 6. The van der Waals surface area contributed by atoms with Gasteiger partial charge in [0.2, 0.25) is 23.6 Å². The number of amides is 4. The van der Waals surface area contributed by atoms with Crippen LogP contribution in [-0.4, -0.2) is 73.5 Å². The van der Waals surface area contributed by atoms with Crippen LogP contribution in [0.4, 0.5) is 0 Å². The van der Waals surface area contributed by atoms with Crippen LogP contribution in [0.15, 0.2) is 12.2 Å². The number of hydrogen-bond acceptors (Lipinski definition) is 8. The van der Waals surface area contributed by atoms with Crippen LogP contribution in [0.3, 0.4) is 0 Å². The first-order valence-electron chi connectivity index (χ1n) is 12.2. The van der Waals surface area contributed by atoms with Gasteiger partial charge in [0.05, 0.1) is 12.6 Å². The molecule has 1 aliphatic rings. The van der Waals surface area contributed by atoms with Gasteiger partial charge in [-0.3, -0.25) is 19.2 Å². The van der Waals surface area contributed by atoms with E-state index in [9.17, 15) is 24.0 Å². The van der Waals surface area contributed by atoms with Gasteiger partial charge in [0.15, 0.2) is 0 Å². The lowest BCUT2D eigenvalue weighted by Crippen LogP contribution is -2.55. The van der Waals surface area contributed by atoms with Gasteiger partial charge in [-0.1, -0.05) is 6.08 Å². The van der Waals surface area contributed by atoms with Crippen molar-refractivity contribution in [1.29, 1.82) is 0 Å². The van der Waals surface area contributed by atoms with Gasteiger partial charge in [0.1, 0.15) is 12.1 Å². The number of nitrogens with two attached hydrogens (primary N) is 2. The highest BCUT2D eigenvalue weighted by molar-refractivity contribution is 5.93. The highest BCUT2D eigenvalue weighted by Gasteiger charge is 2.28. The van der Waals surface area contributed by atoms with E-state index in [1.807, 2.05) is 0 Å². The molecule has 198 valence electrons. The molecule has 0 aromatic carbocycles. The number of carbonyl (C=O) groups excluding carboxylic acids is 5. The molecule has 1 saturated heterocycles. The Morgan fingerprint density at radius 1 is 1.09 bits per heavy atom. The molecule has 0 radical (unpaired) electrons. The van der Waals surface area contributed by atoms with E-state index < -0.39 is 41.8 Å². The molecule has 0 bridgehead atoms. The van der Waals surface area contributed by atoms with E-state index in [4.69, 9.17) is 16.2 Å².